The third-order valence-corrected chi connectivity index (χ3v) is 2.08. The Kier molecular flexibility index (Phi) is 3.39. The number of rotatable bonds is 3. The molecule has 0 unspecified atom stereocenters. The smallest absolute Gasteiger partial charge is 0.148 e. The van der Waals surface area contributed by atoms with Crippen LogP contribution in [0.25, 0.3) is 0 Å². The molecule has 0 aliphatic heterocycles. The standard InChI is InChI=1S/C9H13ClN2O/c1-2-13-9-6(5-11)7(10)3-4-8(9)12/h3-4H,2,5,11-12H2,1H3. The fourth-order valence-electron chi connectivity index (χ4n) is 1.13. The van der Waals surface area contributed by atoms with Crippen LogP contribution in [0, 0.1) is 0 Å². The van der Waals surface area contributed by atoms with E-state index in [1.165, 1.54) is 0 Å². The maximum atomic E-state index is 5.92. The first-order valence-electron chi connectivity index (χ1n) is 4.10. The second-order valence-corrected chi connectivity index (χ2v) is 2.99. The predicted octanol–water partition coefficient (Wildman–Crippen LogP) is 1.78. The van der Waals surface area contributed by atoms with Crippen LogP contribution in [0.4, 0.5) is 5.69 Å². The van der Waals surface area contributed by atoms with Gasteiger partial charge in [0.1, 0.15) is 5.75 Å². The van der Waals surface area contributed by atoms with Crippen molar-refractivity contribution >= 4 is 17.3 Å². The molecule has 3 nitrogen and oxygen atoms in total. The molecule has 0 heterocycles. The van der Waals surface area contributed by atoms with Crippen LogP contribution in [-0.4, -0.2) is 6.61 Å². The molecule has 13 heavy (non-hydrogen) atoms. The molecule has 1 rings (SSSR count). The average molecular weight is 201 g/mol. The molecule has 0 fully saturated rings. The number of hydrogen-bond acceptors (Lipinski definition) is 3. The molecule has 72 valence electrons. The number of nitrogen functional groups attached to an aromatic ring is 1. The van der Waals surface area contributed by atoms with Gasteiger partial charge < -0.3 is 16.2 Å². The highest BCUT2D eigenvalue weighted by molar-refractivity contribution is 6.31. The molecule has 0 amide bonds. The summed E-state index contributed by atoms with van der Waals surface area (Å²) >= 11 is 5.92. The Morgan fingerprint density at radius 1 is 1.46 bits per heavy atom. The van der Waals surface area contributed by atoms with Crippen LogP contribution in [0.2, 0.25) is 5.02 Å². The van der Waals surface area contributed by atoms with E-state index in [0.717, 1.165) is 5.56 Å². The van der Waals surface area contributed by atoms with Crippen molar-refractivity contribution < 1.29 is 4.74 Å². The number of halogens is 1. The molecular weight excluding hydrogens is 188 g/mol. The lowest BCUT2D eigenvalue weighted by atomic mass is 10.1. The second kappa shape index (κ2) is 4.35. The van der Waals surface area contributed by atoms with Crippen LogP contribution in [0.1, 0.15) is 12.5 Å². The molecule has 0 saturated heterocycles. The van der Waals surface area contributed by atoms with Crippen LogP contribution in [-0.2, 0) is 6.54 Å². The van der Waals surface area contributed by atoms with Gasteiger partial charge in [-0.1, -0.05) is 11.6 Å². The van der Waals surface area contributed by atoms with E-state index >= 15 is 0 Å². The van der Waals surface area contributed by atoms with Crippen molar-refractivity contribution in [3.63, 3.8) is 0 Å². The zero-order chi connectivity index (χ0) is 9.84. The molecule has 0 bridgehead atoms. The summed E-state index contributed by atoms with van der Waals surface area (Å²) in [5.41, 5.74) is 12.6. The van der Waals surface area contributed by atoms with Crippen molar-refractivity contribution in [2.75, 3.05) is 12.3 Å². The Morgan fingerprint density at radius 3 is 2.69 bits per heavy atom. The van der Waals surface area contributed by atoms with E-state index in [2.05, 4.69) is 0 Å². The Bertz CT molecular complexity index is 302. The van der Waals surface area contributed by atoms with Crippen molar-refractivity contribution in [3.8, 4) is 5.75 Å². The summed E-state index contributed by atoms with van der Waals surface area (Å²) in [5, 5.41) is 0.597. The molecule has 0 saturated carbocycles. The number of nitrogens with two attached hydrogens (primary N) is 2. The van der Waals surface area contributed by atoms with Gasteiger partial charge >= 0.3 is 0 Å². The Morgan fingerprint density at radius 2 is 2.15 bits per heavy atom. The summed E-state index contributed by atoms with van der Waals surface area (Å²) in [7, 11) is 0. The van der Waals surface area contributed by atoms with Gasteiger partial charge in [0.2, 0.25) is 0 Å². The highest BCUT2D eigenvalue weighted by Gasteiger charge is 2.09. The molecule has 0 aliphatic carbocycles. The summed E-state index contributed by atoms with van der Waals surface area (Å²) in [4.78, 5) is 0. The highest BCUT2D eigenvalue weighted by atomic mass is 35.5. The van der Waals surface area contributed by atoms with Gasteiger partial charge in [-0.05, 0) is 19.1 Å². The first-order chi connectivity index (χ1) is 6.20. The third kappa shape index (κ3) is 2.05. The molecular formula is C9H13ClN2O. The van der Waals surface area contributed by atoms with Crippen molar-refractivity contribution in [2.45, 2.75) is 13.5 Å². The number of hydrogen-bond donors (Lipinski definition) is 2. The SMILES string of the molecule is CCOc1c(N)ccc(Cl)c1CN. The quantitative estimate of drug-likeness (QED) is 0.732. The Hall–Kier alpha value is -0.930. The van der Waals surface area contributed by atoms with Crippen LogP contribution in [0.3, 0.4) is 0 Å². The van der Waals surface area contributed by atoms with E-state index in [0.29, 0.717) is 29.6 Å². The van der Waals surface area contributed by atoms with Gasteiger partial charge in [-0.15, -0.1) is 0 Å². The average Bonchev–Trinajstić information content (AvgIpc) is 2.12. The molecule has 0 aliphatic rings. The topological polar surface area (TPSA) is 61.3 Å². The van der Waals surface area contributed by atoms with Crippen LogP contribution >= 0.6 is 11.6 Å². The van der Waals surface area contributed by atoms with Crippen molar-refractivity contribution in [3.05, 3.63) is 22.7 Å². The maximum Gasteiger partial charge on any atom is 0.148 e. The minimum Gasteiger partial charge on any atom is -0.491 e. The van der Waals surface area contributed by atoms with E-state index in [9.17, 15) is 0 Å². The lowest BCUT2D eigenvalue weighted by Crippen LogP contribution is -2.05. The normalized spacial score (nSPS) is 10.1. The second-order valence-electron chi connectivity index (χ2n) is 2.58. The van der Waals surface area contributed by atoms with E-state index < -0.39 is 0 Å². The molecule has 0 spiro atoms. The monoisotopic (exact) mass is 200 g/mol. The molecule has 1 aromatic rings. The Balaban J connectivity index is 3.18. The summed E-state index contributed by atoms with van der Waals surface area (Å²) in [6.45, 7) is 2.78. The number of anilines is 1. The molecule has 4 heteroatoms. The van der Waals surface area contributed by atoms with Crippen LogP contribution in [0.15, 0.2) is 12.1 Å². The molecule has 0 aromatic heterocycles. The summed E-state index contributed by atoms with van der Waals surface area (Å²) in [5.74, 6) is 0.609. The van der Waals surface area contributed by atoms with Gasteiger partial charge in [0.25, 0.3) is 0 Å². The molecule has 4 N–H and O–H groups in total. The largest absolute Gasteiger partial charge is 0.491 e. The van der Waals surface area contributed by atoms with Crippen molar-refractivity contribution in [1.29, 1.82) is 0 Å². The van der Waals surface area contributed by atoms with Crippen LogP contribution in [0.5, 0.6) is 5.75 Å². The first-order valence-corrected chi connectivity index (χ1v) is 4.48. The highest BCUT2D eigenvalue weighted by Crippen LogP contribution is 2.31. The van der Waals surface area contributed by atoms with Gasteiger partial charge in [0.05, 0.1) is 12.3 Å². The number of ether oxygens (including phenoxy) is 1. The first kappa shape index (κ1) is 10.2. The zero-order valence-corrected chi connectivity index (χ0v) is 8.27. The fraction of sp³-hybridized carbons (Fsp3) is 0.333. The zero-order valence-electron chi connectivity index (χ0n) is 7.51. The minimum atomic E-state index is 0.333. The minimum absolute atomic E-state index is 0.333. The van der Waals surface area contributed by atoms with E-state index in [4.69, 9.17) is 27.8 Å². The summed E-state index contributed by atoms with van der Waals surface area (Å²) in [6, 6.07) is 3.44. The van der Waals surface area contributed by atoms with E-state index in [1.807, 2.05) is 6.92 Å². The van der Waals surface area contributed by atoms with Crippen molar-refractivity contribution in [1.82, 2.24) is 0 Å². The lowest BCUT2D eigenvalue weighted by molar-refractivity contribution is 0.338. The lowest BCUT2D eigenvalue weighted by Gasteiger charge is -2.12. The van der Waals surface area contributed by atoms with Gasteiger partial charge in [-0.2, -0.15) is 0 Å². The van der Waals surface area contributed by atoms with E-state index in [1.54, 1.807) is 12.1 Å². The predicted molar refractivity (Wildman–Crippen MR) is 54.9 cm³/mol. The van der Waals surface area contributed by atoms with Gasteiger partial charge in [0, 0.05) is 17.1 Å². The fourth-order valence-corrected chi connectivity index (χ4v) is 1.35. The maximum absolute atomic E-state index is 5.92. The summed E-state index contributed by atoms with van der Waals surface area (Å²) in [6.07, 6.45) is 0. The third-order valence-electron chi connectivity index (χ3n) is 1.73. The van der Waals surface area contributed by atoms with Gasteiger partial charge in [-0.25, -0.2) is 0 Å². The molecule has 1 aromatic carbocycles. The molecule has 0 radical (unpaired) electrons. The molecule has 0 atom stereocenters. The van der Waals surface area contributed by atoms with Gasteiger partial charge in [-0.3, -0.25) is 0 Å². The van der Waals surface area contributed by atoms with Gasteiger partial charge in [0.15, 0.2) is 0 Å². The summed E-state index contributed by atoms with van der Waals surface area (Å²) < 4.78 is 5.35. The van der Waals surface area contributed by atoms with Crippen LogP contribution < -0.4 is 16.2 Å². The van der Waals surface area contributed by atoms with E-state index in [-0.39, 0.29) is 0 Å². The van der Waals surface area contributed by atoms with Crippen molar-refractivity contribution in [2.24, 2.45) is 5.73 Å². The Labute approximate surface area is 82.6 Å². The number of benzene rings is 1.